The van der Waals surface area contributed by atoms with Gasteiger partial charge in [0.25, 0.3) is 11.8 Å². The SMILES string of the molecule is CCOC(=O)c1c(NC(=O)COC(=O)c2ccc(C(C)C)cc2)sc(C(=O)NC)c1C. The minimum Gasteiger partial charge on any atom is -0.462 e. The van der Waals surface area contributed by atoms with Crippen molar-refractivity contribution in [3.8, 4) is 0 Å². The first-order chi connectivity index (χ1) is 14.7. The van der Waals surface area contributed by atoms with Crippen LogP contribution in [0, 0.1) is 6.92 Å². The molecule has 1 heterocycles. The van der Waals surface area contributed by atoms with Crippen LogP contribution in [0.25, 0.3) is 0 Å². The minimum atomic E-state index is -0.649. The Bertz CT molecular complexity index is 979. The number of carbonyl (C=O) groups is 4. The molecule has 9 heteroatoms. The molecule has 2 aromatic rings. The summed E-state index contributed by atoms with van der Waals surface area (Å²) in [6, 6.07) is 6.96. The Balaban J connectivity index is 2.11. The van der Waals surface area contributed by atoms with Crippen molar-refractivity contribution < 1.29 is 28.7 Å². The zero-order valence-corrected chi connectivity index (χ0v) is 19.0. The molecule has 0 aliphatic carbocycles. The van der Waals surface area contributed by atoms with E-state index >= 15 is 0 Å². The zero-order chi connectivity index (χ0) is 23.1. The van der Waals surface area contributed by atoms with Crippen LogP contribution < -0.4 is 10.6 Å². The van der Waals surface area contributed by atoms with E-state index in [9.17, 15) is 19.2 Å². The highest BCUT2D eigenvalue weighted by atomic mass is 32.1. The number of nitrogens with one attached hydrogen (secondary N) is 2. The summed E-state index contributed by atoms with van der Waals surface area (Å²) in [4.78, 5) is 49.2. The summed E-state index contributed by atoms with van der Waals surface area (Å²) >= 11 is 0.951. The molecule has 1 aromatic carbocycles. The fourth-order valence-corrected chi connectivity index (χ4v) is 3.92. The third kappa shape index (κ3) is 5.91. The third-order valence-corrected chi connectivity index (χ3v) is 5.67. The molecule has 0 aliphatic heterocycles. The van der Waals surface area contributed by atoms with Crippen LogP contribution >= 0.6 is 11.3 Å². The molecule has 8 nitrogen and oxygen atoms in total. The molecule has 0 saturated carbocycles. The van der Waals surface area contributed by atoms with Gasteiger partial charge in [-0.2, -0.15) is 0 Å². The van der Waals surface area contributed by atoms with Crippen LogP contribution in [0.2, 0.25) is 0 Å². The lowest BCUT2D eigenvalue weighted by Crippen LogP contribution is -2.21. The molecule has 0 bridgehead atoms. The van der Waals surface area contributed by atoms with E-state index in [4.69, 9.17) is 9.47 Å². The second-order valence-corrected chi connectivity index (χ2v) is 7.98. The summed E-state index contributed by atoms with van der Waals surface area (Å²) in [5.41, 5.74) is 1.92. The van der Waals surface area contributed by atoms with Gasteiger partial charge in [0.15, 0.2) is 6.61 Å². The van der Waals surface area contributed by atoms with Crippen molar-refractivity contribution in [2.75, 3.05) is 25.6 Å². The number of hydrogen-bond donors (Lipinski definition) is 2. The summed E-state index contributed by atoms with van der Waals surface area (Å²) < 4.78 is 10.1. The van der Waals surface area contributed by atoms with Crippen LogP contribution in [0.5, 0.6) is 0 Å². The van der Waals surface area contributed by atoms with Gasteiger partial charge in [-0.15, -0.1) is 11.3 Å². The van der Waals surface area contributed by atoms with Crippen molar-refractivity contribution in [1.29, 1.82) is 0 Å². The van der Waals surface area contributed by atoms with Gasteiger partial charge in [-0.1, -0.05) is 26.0 Å². The average Bonchev–Trinajstić information content (AvgIpc) is 3.07. The van der Waals surface area contributed by atoms with Gasteiger partial charge in [-0.05, 0) is 43.0 Å². The average molecular weight is 447 g/mol. The molecular formula is C22H26N2O6S. The zero-order valence-electron chi connectivity index (χ0n) is 18.2. The number of amides is 2. The van der Waals surface area contributed by atoms with E-state index in [2.05, 4.69) is 10.6 Å². The van der Waals surface area contributed by atoms with E-state index < -0.39 is 24.5 Å². The first-order valence-electron chi connectivity index (χ1n) is 9.79. The van der Waals surface area contributed by atoms with Crippen molar-refractivity contribution in [2.45, 2.75) is 33.6 Å². The summed E-state index contributed by atoms with van der Waals surface area (Å²) in [6.45, 7) is 6.95. The fraction of sp³-hybridized carbons (Fsp3) is 0.364. The highest BCUT2D eigenvalue weighted by molar-refractivity contribution is 7.18. The molecule has 0 saturated heterocycles. The molecule has 0 fully saturated rings. The van der Waals surface area contributed by atoms with Gasteiger partial charge in [0, 0.05) is 7.05 Å². The maximum Gasteiger partial charge on any atom is 0.341 e. The van der Waals surface area contributed by atoms with Crippen LogP contribution in [0.4, 0.5) is 5.00 Å². The number of anilines is 1. The van der Waals surface area contributed by atoms with E-state index in [-0.39, 0.29) is 28.0 Å². The highest BCUT2D eigenvalue weighted by Gasteiger charge is 2.26. The molecule has 0 spiro atoms. The van der Waals surface area contributed by atoms with Crippen LogP contribution in [-0.2, 0) is 14.3 Å². The van der Waals surface area contributed by atoms with Crippen molar-refractivity contribution in [1.82, 2.24) is 5.32 Å². The predicted molar refractivity (Wildman–Crippen MR) is 118 cm³/mol. The molecule has 166 valence electrons. The van der Waals surface area contributed by atoms with E-state index in [0.29, 0.717) is 17.0 Å². The van der Waals surface area contributed by atoms with E-state index in [0.717, 1.165) is 16.9 Å². The molecule has 2 rings (SSSR count). The Kier molecular flexibility index (Phi) is 8.32. The summed E-state index contributed by atoms with van der Waals surface area (Å²) in [5, 5.41) is 5.20. The van der Waals surface area contributed by atoms with E-state index in [1.807, 2.05) is 26.0 Å². The third-order valence-electron chi connectivity index (χ3n) is 4.46. The summed E-state index contributed by atoms with van der Waals surface area (Å²) in [6.07, 6.45) is 0. The first kappa shape index (κ1) is 24.1. The van der Waals surface area contributed by atoms with Crippen molar-refractivity contribution in [3.63, 3.8) is 0 Å². The number of rotatable bonds is 8. The van der Waals surface area contributed by atoms with Crippen molar-refractivity contribution in [2.24, 2.45) is 0 Å². The number of benzene rings is 1. The highest BCUT2D eigenvalue weighted by Crippen LogP contribution is 2.33. The summed E-state index contributed by atoms with van der Waals surface area (Å²) in [7, 11) is 1.47. The quantitative estimate of drug-likeness (QED) is 0.601. The van der Waals surface area contributed by atoms with Crippen molar-refractivity contribution >= 4 is 40.1 Å². The monoisotopic (exact) mass is 446 g/mol. The normalized spacial score (nSPS) is 10.5. The van der Waals surface area contributed by atoms with Gasteiger partial charge in [-0.3, -0.25) is 9.59 Å². The molecule has 0 atom stereocenters. The largest absolute Gasteiger partial charge is 0.462 e. The Hall–Kier alpha value is -3.20. The second kappa shape index (κ2) is 10.7. The molecule has 31 heavy (non-hydrogen) atoms. The van der Waals surface area contributed by atoms with Crippen LogP contribution in [0.15, 0.2) is 24.3 Å². The topological polar surface area (TPSA) is 111 Å². The van der Waals surface area contributed by atoms with Gasteiger partial charge in [0.05, 0.1) is 22.6 Å². The molecule has 0 unspecified atom stereocenters. The van der Waals surface area contributed by atoms with Crippen LogP contribution in [-0.4, -0.2) is 44.0 Å². The summed E-state index contributed by atoms with van der Waals surface area (Å²) in [5.74, 6) is -1.97. The number of hydrogen-bond acceptors (Lipinski definition) is 7. The Labute approximate surface area is 184 Å². The first-order valence-corrected chi connectivity index (χ1v) is 10.6. The smallest absolute Gasteiger partial charge is 0.341 e. The van der Waals surface area contributed by atoms with Gasteiger partial charge < -0.3 is 20.1 Å². The maximum absolute atomic E-state index is 12.3. The maximum atomic E-state index is 12.3. The molecule has 1 aromatic heterocycles. The number of thiophene rings is 1. The van der Waals surface area contributed by atoms with Crippen LogP contribution in [0.1, 0.15) is 68.2 Å². The van der Waals surface area contributed by atoms with Crippen molar-refractivity contribution in [3.05, 3.63) is 51.4 Å². The van der Waals surface area contributed by atoms with Gasteiger partial charge in [0.2, 0.25) is 0 Å². The molecule has 0 radical (unpaired) electrons. The van der Waals surface area contributed by atoms with Gasteiger partial charge in [-0.25, -0.2) is 9.59 Å². The lowest BCUT2D eigenvalue weighted by atomic mass is 10.0. The molecule has 2 amide bonds. The van der Waals surface area contributed by atoms with Gasteiger partial charge in [0.1, 0.15) is 5.00 Å². The lowest BCUT2D eigenvalue weighted by molar-refractivity contribution is -0.119. The van der Waals surface area contributed by atoms with Crippen LogP contribution in [0.3, 0.4) is 0 Å². The van der Waals surface area contributed by atoms with E-state index in [1.165, 1.54) is 7.05 Å². The fourth-order valence-electron chi connectivity index (χ4n) is 2.76. The number of ether oxygens (including phenoxy) is 2. The second-order valence-electron chi connectivity index (χ2n) is 6.96. The lowest BCUT2D eigenvalue weighted by Gasteiger charge is -2.09. The number of esters is 2. The van der Waals surface area contributed by atoms with Gasteiger partial charge >= 0.3 is 11.9 Å². The Morgan fingerprint density at radius 2 is 1.68 bits per heavy atom. The Morgan fingerprint density at radius 3 is 2.23 bits per heavy atom. The minimum absolute atomic E-state index is 0.106. The standard InChI is InChI=1S/C22H26N2O6S/c1-6-29-22(28)17-13(4)18(19(26)23-5)31-20(17)24-16(25)11-30-21(27)15-9-7-14(8-10-15)12(2)3/h7-10,12H,6,11H2,1-5H3,(H,23,26)(H,24,25). The predicted octanol–water partition coefficient (Wildman–Crippen LogP) is 3.51. The molecule has 0 aliphatic rings. The molecule has 2 N–H and O–H groups in total. The number of carbonyl (C=O) groups excluding carboxylic acids is 4. The van der Waals surface area contributed by atoms with E-state index in [1.54, 1.807) is 26.0 Å². The Morgan fingerprint density at radius 1 is 1.03 bits per heavy atom. The molecular weight excluding hydrogens is 420 g/mol.